The molecule has 86 valence electrons. The van der Waals surface area contributed by atoms with E-state index in [1.54, 1.807) is 18.2 Å². The number of aromatic carboxylic acids is 2. The van der Waals surface area contributed by atoms with Crippen LogP contribution in [0.5, 0.6) is 0 Å². The number of hydrogen-bond acceptors (Lipinski definition) is 2. The molecule has 0 heterocycles. The van der Waals surface area contributed by atoms with Crippen molar-refractivity contribution in [2.24, 2.45) is 0 Å². The maximum absolute atomic E-state index is 11.1. The van der Waals surface area contributed by atoms with Gasteiger partial charge < -0.3 is 10.2 Å². The van der Waals surface area contributed by atoms with E-state index < -0.39 is 11.9 Å². The Balaban J connectivity index is 2.99. The van der Waals surface area contributed by atoms with E-state index in [1.165, 1.54) is 12.1 Å². The van der Waals surface area contributed by atoms with Gasteiger partial charge in [0.05, 0.1) is 11.1 Å². The van der Waals surface area contributed by atoms with Gasteiger partial charge in [0.1, 0.15) is 0 Å². The number of halogens is 1. The molecule has 0 amide bonds. The molecule has 17 heavy (non-hydrogen) atoms. The van der Waals surface area contributed by atoms with Crippen LogP contribution >= 0.6 is 15.9 Å². The molecule has 0 radical (unpaired) electrons. The summed E-state index contributed by atoms with van der Waals surface area (Å²) in [6.07, 6.45) is 0. The lowest BCUT2D eigenvalue weighted by Gasteiger charge is -2.07. The number of carboxylic acids is 2. The number of rotatable bonds is 2. The first-order valence-electron chi connectivity index (χ1n) is 4.70. The van der Waals surface area contributed by atoms with Crippen molar-refractivity contribution in [3.05, 3.63) is 45.9 Å². The molecule has 0 saturated heterocycles. The van der Waals surface area contributed by atoms with Crippen molar-refractivity contribution < 1.29 is 19.8 Å². The number of benzene rings is 2. The van der Waals surface area contributed by atoms with Gasteiger partial charge in [0.15, 0.2) is 0 Å². The summed E-state index contributed by atoms with van der Waals surface area (Å²) in [6, 6.07) is 7.64. The molecule has 0 bridgehead atoms. The Morgan fingerprint density at radius 1 is 0.941 bits per heavy atom. The molecule has 0 saturated carbocycles. The summed E-state index contributed by atoms with van der Waals surface area (Å²) in [5.41, 5.74) is -0.0256. The Morgan fingerprint density at radius 2 is 1.53 bits per heavy atom. The molecule has 0 aliphatic heterocycles. The van der Waals surface area contributed by atoms with Gasteiger partial charge in [-0.25, -0.2) is 9.59 Å². The van der Waals surface area contributed by atoms with Gasteiger partial charge in [-0.1, -0.05) is 28.1 Å². The molecule has 2 aromatic rings. The van der Waals surface area contributed by atoms with Crippen LogP contribution in [0.3, 0.4) is 0 Å². The first kappa shape index (κ1) is 11.6. The van der Waals surface area contributed by atoms with Crippen LogP contribution in [0.2, 0.25) is 0 Å². The first-order chi connectivity index (χ1) is 8.02. The minimum absolute atomic E-state index is 0.0128. The zero-order chi connectivity index (χ0) is 12.6. The van der Waals surface area contributed by atoms with E-state index in [1.807, 2.05) is 0 Å². The molecule has 2 aromatic carbocycles. The number of hydrogen-bond donors (Lipinski definition) is 2. The maximum atomic E-state index is 11.1. The van der Waals surface area contributed by atoms with Gasteiger partial charge in [-0.3, -0.25) is 0 Å². The molecule has 0 atom stereocenters. The highest BCUT2D eigenvalue weighted by Gasteiger charge is 2.17. The van der Waals surface area contributed by atoms with Crippen LogP contribution in [-0.2, 0) is 0 Å². The molecule has 0 fully saturated rings. The van der Waals surface area contributed by atoms with Crippen LogP contribution in [0.1, 0.15) is 20.7 Å². The van der Waals surface area contributed by atoms with E-state index in [-0.39, 0.29) is 16.5 Å². The standard InChI is InChI=1S/C12H7BrO4/c13-9-5-4-8(12(16)17)10-6(9)2-1-3-7(10)11(14)15/h1-5H,(H,14,15)(H,16,17). The van der Waals surface area contributed by atoms with Gasteiger partial charge in [0, 0.05) is 9.86 Å². The zero-order valence-corrected chi connectivity index (χ0v) is 10.1. The minimum Gasteiger partial charge on any atom is -0.478 e. The van der Waals surface area contributed by atoms with Gasteiger partial charge in [-0.05, 0) is 23.6 Å². The smallest absolute Gasteiger partial charge is 0.336 e. The summed E-state index contributed by atoms with van der Waals surface area (Å²) in [5.74, 6) is -2.28. The van der Waals surface area contributed by atoms with E-state index in [0.717, 1.165) is 0 Å². The first-order valence-corrected chi connectivity index (χ1v) is 5.49. The lowest BCUT2D eigenvalue weighted by Crippen LogP contribution is -2.04. The summed E-state index contributed by atoms with van der Waals surface area (Å²) < 4.78 is 0.667. The average Bonchev–Trinajstić information content (AvgIpc) is 2.28. The Hall–Kier alpha value is -1.88. The third-order valence-electron chi connectivity index (χ3n) is 2.45. The second kappa shape index (κ2) is 4.18. The monoisotopic (exact) mass is 294 g/mol. The predicted molar refractivity (Wildman–Crippen MR) is 65.6 cm³/mol. The van der Waals surface area contributed by atoms with Crippen molar-refractivity contribution in [3.8, 4) is 0 Å². The molecule has 2 rings (SSSR count). The van der Waals surface area contributed by atoms with Gasteiger partial charge in [0.2, 0.25) is 0 Å². The lowest BCUT2D eigenvalue weighted by atomic mass is 9.99. The maximum Gasteiger partial charge on any atom is 0.336 e. The van der Waals surface area contributed by atoms with E-state index in [0.29, 0.717) is 9.86 Å². The van der Waals surface area contributed by atoms with Crippen LogP contribution in [0, 0.1) is 0 Å². The topological polar surface area (TPSA) is 74.6 Å². The van der Waals surface area contributed by atoms with Gasteiger partial charge in [-0.2, -0.15) is 0 Å². The summed E-state index contributed by atoms with van der Waals surface area (Å²) in [4.78, 5) is 22.2. The van der Waals surface area contributed by atoms with Gasteiger partial charge >= 0.3 is 11.9 Å². The SMILES string of the molecule is O=C(O)c1cccc2c(Br)ccc(C(=O)O)c12. The largest absolute Gasteiger partial charge is 0.478 e. The molecule has 2 N–H and O–H groups in total. The molecular formula is C12H7BrO4. The Bertz CT molecular complexity index is 613. The summed E-state index contributed by atoms with van der Waals surface area (Å²) >= 11 is 3.28. The third kappa shape index (κ3) is 1.89. The predicted octanol–water partition coefficient (Wildman–Crippen LogP) is 3.00. The number of carboxylic acid groups (broad SMARTS) is 2. The number of fused-ring (bicyclic) bond motifs is 1. The normalized spacial score (nSPS) is 10.4. The zero-order valence-electron chi connectivity index (χ0n) is 8.48. The average molecular weight is 295 g/mol. The van der Waals surface area contributed by atoms with Crippen molar-refractivity contribution in [2.75, 3.05) is 0 Å². The van der Waals surface area contributed by atoms with E-state index in [4.69, 9.17) is 10.2 Å². The van der Waals surface area contributed by atoms with E-state index in [9.17, 15) is 9.59 Å². The quantitative estimate of drug-likeness (QED) is 0.893. The Labute approximate surface area is 105 Å². The fourth-order valence-corrected chi connectivity index (χ4v) is 2.19. The molecule has 0 unspecified atom stereocenters. The van der Waals surface area contributed by atoms with Crippen molar-refractivity contribution in [1.82, 2.24) is 0 Å². The van der Waals surface area contributed by atoms with E-state index in [2.05, 4.69) is 15.9 Å². The molecule has 4 nitrogen and oxygen atoms in total. The Kier molecular flexibility index (Phi) is 2.85. The Morgan fingerprint density at radius 3 is 2.12 bits per heavy atom. The molecule has 0 aliphatic rings. The second-order valence-corrected chi connectivity index (χ2v) is 4.29. The highest BCUT2D eigenvalue weighted by molar-refractivity contribution is 9.10. The van der Waals surface area contributed by atoms with Crippen LogP contribution in [-0.4, -0.2) is 22.2 Å². The third-order valence-corrected chi connectivity index (χ3v) is 3.14. The van der Waals surface area contributed by atoms with Crippen molar-refractivity contribution in [2.45, 2.75) is 0 Å². The molecule has 5 heteroatoms. The molecule has 0 aliphatic carbocycles. The summed E-state index contributed by atoms with van der Waals surface area (Å²) in [7, 11) is 0. The fraction of sp³-hybridized carbons (Fsp3) is 0. The molecule has 0 aromatic heterocycles. The molecule has 0 spiro atoms. The van der Waals surface area contributed by atoms with Gasteiger partial charge in [0.25, 0.3) is 0 Å². The second-order valence-electron chi connectivity index (χ2n) is 3.43. The van der Waals surface area contributed by atoms with Crippen molar-refractivity contribution >= 4 is 38.6 Å². The van der Waals surface area contributed by atoms with Crippen molar-refractivity contribution in [3.63, 3.8) is 0 Å². The summed E-state index contributed by atoms with van der Waals surface area (Å²) in [6.45, 7) is 0. The fourth-order valence-electron chi connectivity index (χ4n) is 1.73. The lowest BCUT2D eigenvalue weighted by molar-refractivity contribution is 0.0695. The van der Waals surface area contributed by atoms with E-state index >= 15 is 0 Å². The van der Waals surface area contributed by atoms with Crippen LogP contribution in [0.15, 0.2) is 34.8 Å². The van der Waals surface area contributed by atoms with Crippen LogP contribution in [0.25, 0.3) is 10.8 Å². The van der Waals surface area contributed by atoms with Crippen LogP contribution in [0.4, 0.5) is 0 Å². The molecular weight excluding hydrogens is 288 g/mol. The highest BCUT2D eigenvalue weighted by Crippen LogP contribution is 2.29. The number of carbonyl (C=O) groups is 2. The van der Waals surface area contributed by atoms with Gasteiger partial charge in [-0.15, -0.1) is 0 Å². The van der Waals surface area contributed by atoms with Crippen LogP contribution < -0.4 is 0 Å². The summed E-state index contributed by atoms with van der Waals surface area (Å²) in [5, 5.41) is 19.0. The van der Waals surface area contributed by atoms with Crippen molar-refractivity contribution in [1.29, 1.82) is 0 Å². The highest BCUT2D eigenvalue weighted by atomic mass is 79.9. The minimum atomic E-state index is -1.14.